The van der Waals surface area contributed by atoms with Gasteiger partial charge in [0, 0.05) is 11.4 Å². The average Bonchev–Trinajstić information content (AvgIpc) is 2.40. The summed E-state index contributed by atoms with van der Waals surface area (Å²) in [6.07, 6.45) is 1.08. The molecule has 0 bridgehead atoms. The van der Waals surface area contributed by atoms with Gasteiger partial charge in [-0.15, -0.1) is 0 Å². The van der Waals surface area contributed by atoms with E-state index in [-0.39, 0.29) is 0 Å². The van der Waals surface area contributed by atoms with E-state index >= 15 is 0 Å². The van der Waals surface area contributed by atoms with Crippen molar-refractivity contribution in [2.75, 3.05) is 14.2 Å². The Kier molecular flexibility index (Phi) is 3.64. The van der Waals surface area contributed by atoms with Crippen LogP contribution < -0.4 is 10.1 Å². The number of methoxy groups -OCH3 is 1. The van der Waals surface area contributed by atoms with Crippen molar-refractivity contribution < 1.29 is 4.74 Å². The van der Waals surface area contributed by atoms with Crippen molar-refractivity contribution in [3.05, 3.63) is 42.0 Å². The predicted octanol–water partition coefficient (Wildman–Crippen LogP) is 3.52. The lowest BCUT2D eigenvalue weighted by Crippen LogP contribution is -2.15. The molecule has 0 aromatic heterocycles. The number of rotatable bonds is 4. The highest BCUT2D eigenvalue weighted by Crippen LogP contribution is 2.32. The molecule has 0 saturated carbocycles. The molecule has 1 unspecified atom stereocenters. The lowest BCUT2D eigenvalue weighted by atomic mass is 9.97. The van der Waals surface area contributed by atoms with Crippen molar-refractivity contribution in [2.24, 2.45) is 0 Å². The van der Waals surface area contributed by atoms with Gasteiger partial charge < -0.3 is 10.1 Å². The fourth-order valence-corrected chi connectivity index (χ4v) is 2.36. The van der Waals surface area contributed by atoms with Gasteiger partial charge >= 0.3 is 0 Å². The highest BCUT2D eigenvalue weighted by atomic mass is 16.5. The summed E-state index contributed by atoms with van der Waals surface area (Å²) in [5.41, 5.74) is 1.34. The van der Waals surface area contributed by atoms with Crippen LogP contribution in [0.4, 0.5) is 0 Å². The molecule has 17 heavy (non-hydrogen) atoms. The van der Waals surface area contributed by atoms with Crippen LogP contribution in [0.2, 0.25) is 0 Å². The molecular weight excluding hydrogens is 210 g/mol. The van der Waals surface area contributed by atoms with Gasteiger partial charge in [-0.2, -0.15) is 0 Å². The summed E-state index contributed by atoms with van der Waals surface area (Å²) in [6.45, 7) is 2.19. The highest BCUT2D eigenvalue weighted by molar-refractivity contribution is 5.91. The van der Waals surface area contributed by atoms with Crippen LogP contribution in [0.1, 0.15) is 24.9 Å². The third-order valence-corrected chi connectivity index (χ3v) is 3.27. The van der Waals surface area contributed by atoms with Gasteiger partial charge in [-0.3, -0.25) is 0 Å². The second-order valence-corrected chi connectivity index (χ2v) is 4.15. The Balaban J connectivity index is 2.66. The van der Waals surface area contributed by atoms with E-state index in [0.717, 1.165) is 12.2 Å². The zero-order valence-corrected chi connectivity index (χ0v) is 10.7. The van der Waals surface area contributed by atoms with E-state index in [1.807, 2.05) is 7.05 Å². The molecule has 2 aromatic carbocycles. The molecule has 0 fully saturated rings. The van der Waals surface area contributed by atoms with Crippen LogP contribution in [0.25, 0.3) is 10.8 Å². The van der Waals surface area contributed by atoms with Crippen molar-refractivity contribution in [2.45, 2.75) is 19.4 Å². The molecular formula is C15H19NO. The van der Waals surface area contributed by atoms with Crippen LogP contribution in [0.15, 0.2) is 36.4 Å². The number of nitrogens with one attached hydrogen (secondary N) is 1. The standard InChI is InChI=1S/C15H19NO/c1-4-14(16-2)12-9-10-15(17-3)13-8-6-5-7-11(12)13/h5-10,14,16H,4H2,1-3H3. The molecule has 2 heteroatoms. The van der Waals surface area contributed by atoms with Crippen molar-refractivity contribution in [1.29, 1.82) is 0 Å². The van der Waals surface area contributed by atoms with E-state index in [2.05, 4.69) is 48.6 Å². The van der Waals surface area contributed by atoms with Gasteiger partial charge in [0.15, 0.2) is 0 Å². The molecule has 0 saturated heterocycles. The van der Waals surface area contributed by atoms with Gasteiger partial charge in [0.1, 0.15) is 5.75 Å². The minimum Gasteiger partial charge on any atom is -0.496 e. The SMILES string of the molecule is CCC(NC)c1ccc(OC)c2ccccc12. The van der Waals surface area contributed by atoms with Crippen molar-refractivity contribution in [1.82, 2.24) is 5.32 Å². The monoisotopic (exact) mass is 229 g/mol. The summed E-state index contributed by atoms with van der Waals surface area (Å²) in [5.74, 6) is 0.940. The van der Waals surface area contributed by atoms with Gasteiger partial charge in [-0.25, -0.2) is 0 Å². The van der Waals surface area contributed by atoms with Gasteiger partial charge in [0.2, 0.25) is 0 Å². The van der Waals surface area contributed by atoms with Crippen molar-refractivity contribution in [3.63, 3.8) is 0 Å². The van der Waals surface area contributed by atoms with Crippen molar-refractivity contribution >= 4 is 10.8 Å². The Hall–Kier alpha value is -1.54. The summed E-state index contributed by atoms with van der Waals surface area (Å²) in [5, 5.41) is 5.81. The Morgan fingerprint density at radius 1 is 1.12 bits per heavy atom. The molecule has 0 amide bonds. The minimum absolute atomic E-state index is 0.394. The molecule has 1 atom stereocenters. The number of hydrogen-bond acceptors (Lipinski definition) is 2. The highest BCUT2D eigenvalue weighted by Gasteiger charge is 2.12. The number of ether oxygens (including phenoxy) is 1. The Bertz CT molecular complexity index is 503. The first kappa shape index (κ1) is 11.9. The molecule has 0 aliphatic carbocycles. The van der Waals surface area contributed by atoms with E-state index in [4.69, 9.17) is 4.74 Å². The molecule has 2 rings (SSSR count). The molecule has 2 nitrogen and oxygen atoms in total. The number of fused-ring (bicyclic) bond motifs is 1. The molecule has 2 aromatic rings. The van der Waals surface area contributed by atoms with Crippen LogP contribution in [-0.4, -0.2) is 14.2 Å². The molecule has 90 valence electrons. The number of benzene rings is 2. The van der Waals surface area contributed by atoms with E-state index in [1.165, 1.54) is 16.3 Å². The lowest BCUT2D eigenvalue weighted by molar-refractivity contribution is 0.419. The summed E-state index contributed by atoms with van der Waals surface area (Å²) >= 11 is 0. The zero-order valence-electron chi connectivity index (χ0n) is 10.7. The van der Waals surface area contributed by atoms with Gasteiger partial charge in [0.05, 0.1) is 7.11 Å². The van der Waals surface area contributed by atoms with Crippen molar-refractivity contribution in [3.8, 4) is 5.75 Å². The summed E-state index contributed by atoms with van der Waals surface area (Å²) < 4.78 is 5.41. The first-order chi connectivity index (χ1) is 8.31. The largest absolute Gasteiger partial charge is 0.496 e. The Labute approximate surface area is 103 Å². The fourth-order valence-electron chi connectivity index (χ4n) is 2.36. The number of hydrogen-bond donors (Lipinski definition) is 1. The van der Waals surface area contributed by atoms with Crippen LogP contribution in [0, 0.1) is 0 Å². The van der Waals surface area contributed by atoms with Crippen LogP contribution in [-0.2, 0) is 0 Å². The van der Waals surface area contributed by atoms with Crippen LogP contribution in [0.3, 0.4) is 0 Å². The molecule has 0 radical (unpaired) electrons. The van der Waals surface area contributed by atoms with E-state index in [1.54, 1.807) is 7.11 Å². The first-order valence-corrected chi connectivity index (χ1v) is 6.04. The van der Waals surface area contributed by atoms with Gasteiger partial charge in [0.25, 0.3) is 0 Å². The third kappa shape index (κ3) is 2.13. The first-order valence-electron chi connectivity index (χ1n) is 6.04. The molecule has 0 aliphatic rings. The average molecular weight is 229 g/mol. The summed E-state index contributed by atoms with van der Waals surface area (Å²) in [7, 11) is 3.73. The minimum atomic E-state index is 0.394. The zero-order chi connectivity index (χ0) is 12.3. The Morgan fingerprint density at radius 3 is 2.41 bits per heavy atom. The molecule has 0 spiro atoms. The smallest absolute Gasteiger partial charge is 0.126 e. The van der Waals surface area contributed by atoms with Gasteiger partial charge in [-0.1, -0.05) is 37.3 Å². The lowest BCUT2D eigenvalue weighted by Gasteiger charge is -2.18. The van der Waals surface area contributed by atoms with E-state index in [9.17, 15) is 0 Å². The molecule has 1 N–H and O–H groups in total. The topological polar surface area (TPSA) is 21.3 Å². The van der Waals surface area contributed by atoms with Crippen LogP contribution >= 0.6 is 0 Å². The third-order valence-electron chi connectivity index (χ3n) is 3.27. The van der Waals surface area contributed by atoms with Crippen LogP contribution in [0.5, 0.6) is 5.75 Å². The summed E-state index contributed by atoms with van der Waals surface area (Å²) in [6, 6.07) is 13.0. The maximum Gasteiger partial charge on any atom is 0.126 e. The molecule has 0 heterocycles. The summed E-state index contributed by atoms with van der Waals surface area (Å²) in [4.78, 5) is 0. The quantitative estimate of drug-likeness (QED) is 0.866. The fraction of sp³-hybridized carbons (Fsp3) is 0.333. The van der Waals surface area contributed by atoms with Gasteiger partial charge in [-0.05, 0) is 30.5 Å². The van der Waals surface area contributed by atoms with E-state index in [0.29, 0.717) is 6.04 Å². The van der Waals surface area contributed by atoms with E-state index < -0.39 is 0 Å². The maximum atomic E-state index is 5.41. The maximum absolute atomic E-state index is 5.41. The molecule has 0 aliphatic heterocycles. The normalized spacial score (nSPS) is 12.6. The second kappa shape index (κ2) is 5.19. The predicted molar refractivity (Wildman–Crippen MR) is 72.6 cm³/mol. The second-order valence-electron chi connectivity index (χ2n) is 4.15. The Morgan fingerprint density at radius 2 is 1.82 bits per heavy atom.